The van der Waals surface area contributed by atoms with Crippen LogP contribution in [-0.2, 0) is 4.79 Å². The van der Waals surface area contributed by atoms with Crippen LogP contribution in [0.2, 0.25) is 5.02 Å². The third-order valence-corrected chi connectivity index (χ3v) is 3.61. The van der Waals surface area contributed by atoms with Gasteiger partial charge in [-0.25, -0.2) is 0 Å². The van der Waals surface area contributed by atoms with Crippen molar-refractivity contribution in [3.05, 3.63) is 34.9 Å². The van der Waals surface area contributed by atoms with Crippen LogP contribution in [-0.4, -0.2) is 19.0 Å². The van der Waals surface area contributed by atoms with Gasteiger partial charge in [0.2, 0.25) is 5.91 Å². The summed E-state index contributed by atoms with van der Waals surface area (Å²) in [5.74, 6) is 0.232. The molecule has 18 heavy (non-hydrogen) atoms. The molecule has 1 aromatic carbocycles. The molecule has 0 aromatic heterocycles. The zero-order valence-electron chi connectivity index (χ0n) is 10.6. The van der Waals surface area contributed by atoms with E-state index < -0.39 is 0 Å². The minimum atomic E-state index is -0.00173. The molecule has 1 saturated heterocycles. The first-order valence-electron chi connectivity index (χ1n) is 6.43. The van der Waals surface area contributed by atoms with Crippen molar-refractivity contribution in [3.63, 3.8) is 0 Å². The van der Waals surface area contributed by atoms with Gasteiger partial charge >= 0.3 is 0 Å². The van der Waals surface area contributed by atoms with Gasteiger partial charge in [0, 0.05) is 11.6 Å². The molecular formula is C14H19ClN2O. The summed E-state index contributed by atoms with van der Waals surface area (Å²) >= 11 is 5.95. The van der Waals surface area contributed by atoms with E-state index in [-0.39, 0.29) is 17.9 Å². The van der Waals surface area contributed by atoms with E-state index in [1.54, 1.807) is 0 Å². The van der Waals surface area contributed by atoms with Crippen molar-refractivity contribution in [1.29, 1.82) is 0 Å². The molecule has 1 heterocycles. The van der Waals surface area contributed by atoms with E-state index in [1.807, 2.05) is 31.2 Å². The maximum Gasteiger partial charge on any atom is 0.224 e. The lowest BCUT2D eigenvalue weighted by molar-refractivity contribution is -0.126. The van der Waals surface area contributed by atoms with Crippen LogP contribution in [0.15, 0.2) is 24.3 Å². The van der Waals surface area contributed by atoms with Crippen LogP contribution in [0.4, 0.5) is 0 Å². The number of rotatable bonds is 3. The van der Waals surface area contributed by atoms with Gasteiger partial charge in [0.15, 0.2) is 0 Å². The topological polar surface area (TPSA) is 41.1 Å². The predicted octanol–water partition coefficient (Wildman–Crippen LogP) is 2.52. The summed E-state index contributed by atoms with van der Waals surface area (Å²) in [6.45, 7) is 3.79. The minimum absolute atomic E-state index is 0.00173. The van der Waals surface area contributed by atoms with Crippen LogP contribution in [0.5, 0.6) is 0 Å². The first-order chi connectivity index (χ1) is 8.66. The number of hydrogen-bond donors (Lipinski definition) is 2. The van der Waals surface area contributed by atoms with Crippen LogP contribution < -0.4 is 10.6 Å². The van der Waals surface area contributed by atoms with Crippen molar-refractivity contribution in [2.24, 2.45) is 5.92 Å². The summed E-state index contributed by atoms with van der Waals surface area (Å²) in [6.07, 6.45) is 2.05. The first kappa shape index (κ1) is 13.4. The third-order valence-electron chi connectivity index (χ3n) is 3.38. The molecule has 0 saturated carbocycles. The Bertz CT molecular complexity index is 416. The molecule has 1 amide bonds. The van der Waals surface area contributed by atoms with Gasteiger partial charge in [-0.3, -0.25) is 4.79 Å². The van der Waals surface area contributed by atoms with Crippen molar-refractivity contribution in [3.8, 4) is 0 Å². The molecule has 98 valence electrons. The number of hydrogen-bond acceptors (Lipinski definition) is 2. The number of nitrogens with one attached hydrogen (secondary N) is 2. The maximum atomic E-state index is 12.1. The second-order valence-corrected chi connectivity index (χ2v) is 5.26. The molecular weight excluding hydrogens is 248 g/mol. The van der Waals surface area contributed by atoms with Crippen LogP contribution in [0, 0.1) is 5.92 Å². The Kier molecular flexibility index (Phi) is 4.61. The van der Waals surface area contributed by atoms with Gasteiger partial charge in [0.05, 0.1) is 12.0 Å². The number of amides is 1. The molecule has 0 aliphatic carbocycles. The lowest BCUT2D eigenvalue weighted by atomic mass is 9.98. The number of halogens is 1. The van der Waals surface area contributed by atoms with Crippen LogP contribution in [0.1, 0.15) is 31.4 Å². The van der Waals surface area contributed by atoms with E-state index in [0.29, 0.717) is 5.02 Å². The van der Waals surface area contributed by atoms with Gasteiger partial charge in [0.1, 0.15) is 0 Å². The molecule has 2 atom stereocenters. The summed E-state index contributed by atoms with van der Waals surface area (Å²) in [5, 5.41) is 7.01. The third kappa shape index (κ3) is 3.47. The standard InChI is InChI=1S/C14H19ClN2O/c1-10(11-4-2-6-13(15)8-11)17-14(18)12-5-3-7-16-9-12/h2,4,6,8,10,12,16H,3,5,7,9H2,1H3,(H,17,18)/t10-,12+/m0/s1. The number of carbonyl (C=O) groups is 1. The van der Waals surface area contributed by atoms with Gasteiger partial charge in [0.25, 0.3) is 0 Å². The SMILES string of the molecule is C[C@H](NC(=O)[C@@H]1CCCNC1)c1cccc(Cl)c1. The fourth-order valence-corrected chi connectivity index (χ4v) is 2.46. The second kappa shape index (κ2) is 6.21. The highest BCUT2D eigenvalue weighted by Crippen LogP contribution is 2.18. The zero-order valence-corrected chi connectivity index (χ0v) is 11.3. The van der Waals surface area contributed by atoms with Gasteiger partial charge < -0.3 is 10.6 Å². The predicted molar refractivity (Wildman–Crippen MR) is 73.6 cm³/mol. The van der Waals surface area contributed by atoms with E-state index in [1.165, 1.54) is 0 Å². The first-order valence-corrected chi connectivity index (χ1v) is 6.81. The lowest BCUT2D eigenvalue weighted by Gasteiger charge is -2.24. The van der Waals surface area contributed by atoms with E-state index in [2.05, 4.69) is 10.6 Å². The molecule has 1 aliphatic heterocycles. The van der Waals surface area contributed by atoms with Crippen LogP contribution >= 0.6 is 11.6 Å². The molecule has 0 unspecified atom stereocenters. The number of benzene rings is 1. The molecule has 1 aliphatic rings. The minimum Gasteiger partial charge on any atom is -0.349 e. The van der Waals surface area contributed by atoms with Gasteiger partial charge in [-0.05, 0) is 44.0 Å². The van der Waals surface area contributed by atoms with Gasteiger partial charge in [-0.1, -0.05) is 23.7 Å². The Labute approximate surface area is 113 Å². The fourth-order valence-electron chi connectivity index (χ4n) is 2.27. The second-order valence-electron chi connectivity index (χ2n) is 4.83. The monoisotopic (exact) mass is 266 g/mol. The van der Waals surface area contributed by atoms with Crippen molar-refractivity contribution in [2.75, 3.05) is 13.1 Å². The van der Waals surface area contributed by atoms with Crippen molar-refractivity contribution < 1.29 is 4.79 Å². The molecule has 2 N–H and O–H groups in total. The normalized spacial score (nSPS) is 21.3. The number of piperidine rings is 1. The van der Waals surface area contributed by atoms with E-state index in [9.17, 15) is 4.79 Å². The fraction of sp³-hybridized carbons (Fsp3) is 0.500. The Hall–Kier alpha value is -1.06. The Balaban J connectivity index is 1.94. The molecule has 0 spiro atoms. The summed E-state index contributed by atoms with van der Waals surface area (Å²) in [4.78, 5) is 12.1. The summed E-state index contributed by atoms with van der Waals surface area (Å²) in [5.41, 5.74) is 1.04. The largest absolute Gasteiger partial charge is 0.349 e. The Morgan fingerprint density at radius 3 is 3.06 bits per heavy atom. The van der Waals surface area contributed by atoms with E-state index in [4.69, 9.17) is 11.6 Å². The molecule has 1 fully saturated rings. The summed E-state index contributed by atoms with van der Waals surface area (Å²) in [6, 6.07) is 7.62. The average Bonchev–Trinajstić information content (AvgIpc) is 2.39. The van der Waals surface area contributed by atoms with Crippen LogP contribution in [0.25, 0.3) is 0 Å². The van der Waals surface area contributed by atoms with E-state index in [0.717, 1.165) is 31.5 Å². The van der Waals surface area contributed by atoms with E-state index >= 15 is 0 Å². The molecule has 3 nitrogen and oxygen atoms in total. The smallest absolute Gasteiger partial charge is 0.224 e. The lowest BCUT2D eigenvalue weighted by Crippen LogP contribution is -2.41. The highest BCUT2D eigenvalue weighted by atomic mass is 35.5. The van der Waals surface area contributed by atoms with Gasteiger partial charge in [-0.2, -0.15) is 0 Å². The maximum absolute atomic E-state index is 12.1. The quantitative estimate of drug-likeness (QED) is 0.883. The average molecular weight is 267 g/mol. The highest BCUT2D eigenvalue weighted by molar-refractivity contribution is 6.30. The zero-order chi connectivity index (χ0) is 13.0. The Morgan fingerprint density at radius 2 is 2.39 bits per heavy atom. The van der Waals surface area contributed by atoms with Crippen molar-refractivity contribution in [2.45, 2.75) is 25.8 Å². The molecule has 4 heteroatoms. The van der Waals surface area contributed by atoms with Crippen molar-refractivity contribution >= 4 is 17.5 Å². The van der Waals surface area contributed by atoms with Crippen molar-refractivity contribution in [1.82, 2.24) is 10.6 Å². The van der Waals surface area contributed by atoms with Crippen LogP contribution in [0.3, 0.4) is 0 Å². The highest BCUT2D eigenvalue weighted by Gasteiger charge is 2.22. The number of carbonyl (C=O) groups excluding carboxylic acids is 1. The Morgan fingerprint density at radius 1 is 1.56 bits per heavy atom. The molecule has 1 aromatic rings. The summed E-state index contributed by atoms with van der Waals surface area (Å²) in [7, 11) is 0. The summed E-state index contributed by atoms with van der Waals surface area (Å²) < 4.78 is 0. The molecule has 0 bridgehead atoms. The van der Waals surface area contributed by atoms with Gasteiger partial charge in [-0.15, -0.1) is 0 Å². The molecule has 0 radical (unpaired) electrons. The molecule has 2 rings (SSSR count).